The van der Waals surface area contributed by atoms with Gasteiger partial charge in [0.1, 0.15) is 5.76 Å². The van der Waals surface area contributed by atoms with Crippen LogP contribution in [0, 0.1) is 0 Å². The molecule has 4 heterocycles. The van der Waals surface area contributed by atoms with Gasteiger partial charge in [0.2, 0.25) is 12.7 Å². The lowest BCUT2D eigenvalue weighted by atomic mass is 10.2. The predicted octanol–water partition coefficient (Wildman–Crippen LogP) is 3.85. The molecule has 1 aliphatic rings. The molecule has 5 rings (SSSR count). The van der Waals surface area contributed by atoms with Crippen LogP contribution >= 0.6 is 11.8 Å². The molecule has 0 saturated carbocycles. The minimum Gasteiger partial charge on any atom is -0.467 e. The molecule has 0 aliphatic carbocycles. The summed E-state index contributed by atoms with van der Waals surface area (Å²) in [7, 11) is 0. The molecule has 0 atom stereocenters. The molecule has 1 aromatic carbocycles. The summed E-state index contributed by atoms with van der Waals surface area (Å²) in [4.78, 5) is 19.0. The summed E-state index contributed by atoms with van der Waals surface area (Å²) in [5, 5.41) is 9.37. The van der Waals surface area contributed by atoms with Gasteiger partial charge in [0.25, 0.3) is 0 Å². The number of pyridine rings is 1. The Morgan fingerprint density at radius 3 is 2.85 bits per heavy atom. The van der Waals surface area contributed by atoms with Crippen LogP contribution in [0.15, 0.2) is 70.7 Å². The summed E-state index contributed by atoms with van der Waals surface area (Å²) < 4.78 is 18.3. The third kappa shape index (κ3) is 4.76. The number of nitrogens with zero attached hydrogens (tertiary/aromatic N) is 5. The molecule has 0 fully saturated rings. The van der Waals surface area contributed by atoms with Crippen LogP contribution in [0.5, 0.6) is 11.5 Å². The van der Waals surface area contributed by atoms with Crippen molar-refractivity contribution >= 4 is 17.7 Å². The molecule has 0 unspecified atom stereocenters. The third-order valence-corrected chi connectivity index (χ3v) is 6.35. The number of hydrogen-bond donors (Lipinski definition) is 0. The van der Waals surface area contributed by atoms with Crippen molar-refractivity contribution in [1.29, 1.82) is 0 Å². The monoisotopic (exact) mass is 477 g/mol. The lowest BCUT2D eigenvalue weighted by molar-refractivity contribution is -0.128. The molecule has 4 aromatic rings. The van der Waals surface area contributed by atoms with Gasteiger partial charge in [-0.1, -0.05) is 17.8 Å². The number of rotatable bonds is 9. The van der Waals surface area contributed by atoms with Gasteiger partial charge < -0.3 is 18.8 Å². The molecule has 3 aromatic heterocycles. The zero-order valence-corrected chi connectivity index (χ0v) is 19.4. The summed E-state index contributed by atoms with van der Waals surface area (Å²) in [6, 6.07) is 13.3. The summed E-state index contributed by atoms with van der Waals surface area (Å²) >= 11 is 1.36. The molecule has 1 aliphatic heterocycles. The van der Waals surface area contributed by atoms with E-state index in [1.807, 2.05) is 54.0 Å². The van der Waals surface area contributed by atoms with Crippen molar-refractivity contribution in [3.63, 3.8) is 0 Å². The highest BCUT2D eigenvalue weighted by atomic mass is 32.2. The number of thioether (sulfide) groups is 1. The highest BCUT2D eigenvalue weighted by molar-refractivity contribution is 7.99. The molecule has 174 valence electrons. The second-order valence-electron chi connectivity index (χ2n) is 7.60. The Labute approximate surface area is 200 Å². The summed E-state index contributed by atoms with van der Waals surface area (Å²) in [6.45, 7) is 3.73. The van der Waals surface area contributed by atoms with Gasteiger partial charge in [0.15, 0.2) is 22.5 Å². The van der Waals surface area contributed by atoms with Crippen LogP contribution in [0.3, 0.4) is 0 Å². The molecule has 34 heavy (non-hydrogen) atoms. The Balaban J connectivity index is 1.30. The predicted molar refractivity (Wildman–Crippen MR) is 125 cm³/mol. The van der Waals surface area contributed by atoms with Crippen LogP contribution in [0.2, 0.25) is 0 Å². The maximum absolute atomic E-state index is 13.1. The summed E-state index contributed by atoms with van der Waals surface area (Å²) in [6.07, 6.45) is 5.09. The quantitative estimate of drug-likeness (QED) is 0.336. The molecule has 0 spiro atoms. The van der Waals surface area contributed by atoms with Gasteiger partial charge in [-0.05, 0) is 48.9 Å². The first-order valence-electron chi connectivity index (χ1n) is 10.9. The van der Waals surface area contributed by atoms with Crippen LogP contribution in [0.1, 0.15) is 18.2 Å². The number of carbonyl (C=O) groups is 1. The van der Waals surface area contributed by atoms with E-state index in [0.29, 0.717) is 36.4 Å². The molecular formula is C24H23N5O4S. The molecule has 0 saturated heterocycles. The van der Waals surface area contributed by atoms with Crippen molar-refractivity contribution in [3.8, 4) is 22.9 Å². The van der Waals surface area contributed by atoms with Crippen LogP contribution in [-0.4, -0.2) is 49.6 Å². The van der Waals surface area contributed by atoms with Gasteiger partial charge >= 0.3 is 0 Å². The lowest BCUT2D eigenvalue weighted by Crippen LogP contribution is -2.31. The van der Waals surface area contributed by atoms with E-state index in [0.717, 1.165) is 22.6 Å². The second kappa shape index (κ2) is 10.0. The van der Waals surface area contributed by atoms with Crippen LogP contribution in [0.4, 0.5) is 0 Å². The van der Waals surface area contributed by atoms with E-state index >= 15 is 0 Å². The van der Waals surface area contributed by atoms with E-state index in [2.05, 4.69) is 15.2 Å². The Morgan fingerprint density at radius 2 is 2.06 bits per heavy atom. The van der Waals surface area contributed by atoms with E-state index in [1.54, 1.807) is 23.6 Å². The van der Waals surface area contributed by atoms with Gasteiger partial charge in [-0.25, -0.2) is 0 Å². The maximum atomic E-state index is 13.1. The normalized spacial score (nSPS) is 12.1. The first-order chi connectivity index (χ1) is 16.7. The molecule has 10 heteroatoms. The molecular weight excluding hydrogens is 454 g/mol. The lowest BCUT2D eigenvalue weighted by Gasteiger charge is -2.21. The number of furan rings is 1. The fourth-order valence-electron chi connectivity index (χ4n) is 3.66. The van der Waals surface area contributed by atoms with Gasteiger partial charge in [-0.2, -0.15) is 0 Å². The fourth-order valence-corrected chi connectivity index (χ4v) is 4.50. The fraction of sp³-hybridized carbons (Fsp3) is 0.250. The molecule has 0 bridgehead atoms. The number of ether oxygens (including phenoxy) is 2. The van der Waals surface area contributed by atoms with E-state index in [1.165, 1.54) is 11.8 Å². The SMILES string of the molecule is CCN(Cc1ccc2c(c1)OCO2)C(=O)CSc1nnc(-c2cccnc2)n1Cc1ccco1. The maximum Gasteiger partial charge on any atom is 0.233 e. The van der Waals surface area contributed by atoms with Gasteiger partial charge in [-0.3, -0.25) is 14.3 Å². The highest BCUT2D eigenvalue weighted by Gasteiger charge is 2.20. The molecule has 9 nitrogen and oxygen atoms in total. The average molecular weight is 478 g/mol. The summed E-state index contributed by atoms with van der Waals surface area (Å²) in [5.74, 6) is 3.14. The molecule has 1 amide bonds. The van der Waals surface area contributed by atoms with Crippen molar-refractivity contribution in [3.05, 3.63) is 72.4 Å². The Hall–Kier alpha value is -3.79. The second-order valence-corrected chi connectivity index (χ2v) is 8.54. The number of fused-ring (bicyclic) bond motifs is 1. The first-order valence-corrected chi connectivity index (χ1v) is 11.8. The Kier molecular flexibility index (Phi) is 6.48. The topological polar surface area (TPSA) is 95.5 Å². The van der Waals surface area contributed by atoms with E-state index in [-0.39, 0.29) is 18.5 Å². The van der Waals surface area contributed by atoms with Crippen molar-refractivity contribution < 1.29 is 18.7 Å². The van der Waals surface area contributed by atoms with Gasteiger partial charge in [-0.15, -0.1) is 10.2 Å². The van der Waals surface area contributed by atoms with Gasteiger partial charge in [0, 0.05) is 31.0 Å². The zero-order valence-electron chi connectivity index (χ0n) is 18.6. The van der Waals surface area contributed by atoms with E-state index < -0.39 is 0 Å². The molecule has 0 N–H and O–H groups in total. The Morgan fingerprint density at radius 1 is 1.15 bits per heavy atom. The number of aromatic nitrogens is 4. The standard InChI is InChI=1S/C24H23N5O4S/c1-2-28(13-17-7-8-20-21(11-17)33-16-32-20)22(30)15-34-24-27-26-23(18-5-3-9-25-12-18)29(24)14-19-6-4-10-31-19/h3-12H,2,13-16H2,1H3. The number of amides is 1. The third-order valence-electron chi connectivity index (χ3n) is 5.40. The van der Waals surface area contributed by atoms with E-state index in [9.17, 15) is 4.79 Å². The van der Waals surface area contributed by atoms with Crippen molar-refractivity contribution in [2.45, 2.75) is 25.2 Å². The Bertz CT molecular complexity index is 1260. The smallest absolute Gasteiger partial charge is 0.233 e. The van der Waals surface area contributed by atoms with Crippen molar-refractivity contribution in [2.75, 3.05) is 19.1 Å². The van der Waals surface area contributed by atoms with Crippen LogP contribution in [0.25, 0.3) is 11.4 Å². The van der Waals surface area contributed by atoms with Gasteiger partial charge in [0.05, 0.1) is 18.6 Å². The van der Waals surface area contributed by atoms with Crippen molar-refractivity contribution in [2.24, 2.45) is 0 Å². The highest BCUT2D eigenvalue weighted by Crippen LogP contribution is 2.33. The zero-order chi connectivity index (χ0) is 23.3. The number of hydrogen-bond acceptors (Lipinski definition) is 8. The first kappa shape index (κ1) is 22.0. The van der Waals surface area contributed by atoms with E-state index in [4.69, 9.17) is 13.9 Å². The summed E-state index contributed by atoms with van der Waals surface area (Å²) in [5.41, 5.74) is 1.84. The number of carbonyl (C=O) groups excluding carboxylic acids is 1. The largest absolute Gasteiger partial charge is 0.467 e. The van der Waals surface area contributed by atoms with Crippen LogP contribution in [-0.2, 0) is 17.9 Å². The minimum absolute atomic E-state index is 0.0145. The number of benzene rings is 1. The average Bonchev–Trinajstić information content (AvgIpc) is 3.63. The van der Waals surface area contributed by atoms with Crippen LogP contribution < -0.4 is 9.47 Å². The molecule has 0 radical (unpaired) electrons. The minimum atomic E-state index is 0.0145. The van der Waals surface area contributed by atoms with Crippen molar-refractivity contribution in [1.82, 2.24) is 24.6 Å².